The molecule has 2 N–H and O–H groups in total. The zero-order valence-electron chi connectivity index (χ0n) is 10.4. The molecule has 1 aromatic carbocycles. The van der Waals surface area contributed by atoms with Crippen molar-refractivity contribution in [1.29, 1.82) is 0 Å². The number of nitrogens with two attached hydrogens (primary N) is 1. The van der Waals surface area contributed by atoms with Crippen LogP contribution in [0.1, 0.15) is 17.3 Å². The minimum Gasteiger partial charge on any atom is -0.399 e. The molecule has 1 saturated heterocycles. The molecule has 1 unspecified atom stereocenters. The molecule has 1 aromatic rings. The van der Waals surface area contributed by atoms with Crippen LogP contribution >= 0.6 is 0 Å². The first-order valence-corrected chi connectivity index (χ1v) is 5.93. The summed E-state index contributed by atoms with van der Waals surface area (Å²) in [4.78, 5) is 16.5. The Morgan fingerprint density at radius 3 is 2.82 bits per heavy atom. The normalized spacial score (nSPS) is 21.5. The number of piperazine rings is 1. The second-order valence-electron chi connectivity index (χ2n) is 4.74. The lowest BCUT2D eigenvalue weighted by Gasteiger charge is -2.38. The van der Waals surface area contributed by atoms with E-state index in [-0.39, 0.29) is 11.9 Å². The van der Waals surface area contributed by atoms with E-state index in [1.54, 1.807) is 12.1 Å². The van der Waals surface area contributed by atoms with Crippen molar-refractivity contribution in [3.05, 3.63) is 29.8 Å². The number of carbonyl (C=O) groups excluding carboxylic acids is 1. The van der Waals surface area contributed by atoms with Crippen LogP contribution < -0.4 is 5.73 Å². The molecular weight excluding hydrogens is 214 g/mol. The largest absolute Gasteiger partial charge is 0.399 e. The molecule has 92 valence electrons. The minimum absolute atomic E-state index is 0.0814. The molecule has 1 heterocycles. The number of likely N-dealkylation sites (N-methyl/N-ethyl adjacent to an activating group) is 1. The Balaban J connectivity index is 2.15. The van der Waals surface area contributed by atoms with Crippen LogP contribution in [0.4, 0.5) is 5.69 Å². The zero-order chi connectivity index (χ0) is 12.4. The fourth-order valence-corrected chi connectivity index (χ4v) is 2.28. The third-order valence-electron chi connectivity index (χ3n) is 3.23. The number of hydrogen-bond donors (Lipinski definition) is 1. The number of anilines is 1. The van der Waals surface area contributed by atoms with E-state index in [1.165, 1.54) is 0 Å². The van der Waals surface area contributed by atoms with Crippen LogP contribution in [-0.4, -0.2) is 48.4 Å². The Morgan fingerprint density at radius 1 is 1.41 bits per heavy atom. The molecule has 1 aliphatic rings. The highest BCUT2D eigenvalue weighted by atomic mass is 16.2. The summed E-state index contributed by atoms with van der Waals surface area (Å²) >= 11 is 0. The van der Waals surface area contributed by atoms with Gasteiger partial charge in [-0.25, -0.2) is 0 Å². The van der Waals surface area contributed by atoms with Crippen LogP contribution in [0.15, 0.2) is 24.3 Å². The molecule has 0 saturated carbocycles. The predicted molar refractivity (Wildman–Crippen MR) is 68.8 cm³/mol. The Bertz CT molecular complexity index is 419. The third-order valence-corrected chi connectivity index (χ3v) is 3.23. The van der Waals surface area contributed by atoms with Crippen molar-refractivity contribution in [3.63, 3.8) is 0 Å². The number of amides is 1. The second kappa shape index (κ2) is 4.75. The maximum Gasteiger partial charge on any atom is 0.254 e. The van der Waals surface area contributed by atoms with Gasteiger partial charge in [-0.05, 0) is 32.2 Å². The van der Waals surface area contributed by atoms with E-state index < -0.39 is 0 Å². The number of nitrogens with zero attached hydrogens (tertiary/aromatic N) is 2. The van der Waals surface area contributed by atoms with Crippen molar-refractivity contribution in [2.24, 2.45) is 0 Å². The molecule has 4 heteroatoms. The molecule has 0 bridgehead atoms. The Kier molecular flexibility index (Phi) is 3.33. The highest BCUT2D eigenvalue weighted by Crippen LogP contribution is 2.14. The smallest absolute Gasteiger partial charge is 0.254 e. The molecule has 0 radical (unpaired) electrons. The molecule has 1 fully saturated rings. The fraction of sp³-hybridized carbons (Fsp3) is 0.462. The molecule has 17 heavy (non-hydrogen) atoms. The number of hydrogen-bond acceptors (Lipinski definition) is 3. The van der Waals surface area contributed by atoms with Gasteiger partial charge in [0, 0.05) is 36.9 Å². The summed E-state index contributed by atoms with van der Waals surface area (Å²) < 4.78 is 0. The molecule has 0 aromatic heterocycles. The summed E-state index contributed by atoms with van der Waals surface area (Å²) in [6.07, 6.45) is 0. The molecular formula is C13H19N3O. The quantitative estimate of drug-likeness (QED) is 0.737. The van der Waals surface area contributed by atoms with E-state index >= 15 is 0 Å². The highest BCUT2D eigenvalue weighted by Gasteiger charge is 2.26. The van der Waals surface area contributed by atoms with Crippen LogP contribution in [0.5, 0.6) is 0 Å². The van der Waals surface area contributed by atoms with Gasteiger partial charge in [-0.3, -0.25) is 4.79 Å². The lowest BCUT2D eigenvalue weighted by molar-refractivity contribution is 0.0533. The molecule has 1 amide bonds. The van der Waals surface area contributed by atoms with E-state index in [1.807, 2.05) is 17.0 Å². The number of rotatable bonds is 1. The summed E-state index contributed by atoms with van der Waals surface area (Å²) in [5.74, 6) is 0.0814. The monoisotopic (exact) mass is 233 g/mol. The average molecular weight is 233 g/mol. The Morgan fingerprint density at radius 2 is 2.18 bits per heavy atom. The molecule has 0 aliphatic carbocycles. The van der Waals surface area contributed by atoms with Crippen molar-refractivity contribution in [2.45, 2.75) is 13.0 Å². The van der Waals surface area contributed by atoms with E-state index in [0.29, 0.717) is 11.3 Å². The Hall–Kier alpha value is -1.55. The van der Waals surface area contributed by atoms with Gasteiger partial charge in [0.15, 0.2) is 0 Å². The predicted octanol–water partition coefficient (Wildman–Crippen LogP) is 1.04. The summed E-state index contributed by atoms with van der Waals surface area (Å²) in [7, 11) is 2.08. The van der Waals surface area contributed by atoms with Crippen LogP contribution in [0, 0.1) is 0 Å². The topological polar surface area (TPSA) is 49.6 Å². The first-order valence-electron chi connectivity index (χ1n) is 5.93. The van der Waals surface area contributed by atoms with Crippen molar-refractivity contribution < 1.29 is 4.79 Å². The van der Waals surface area contributed by atoms with Gasteiger partial charge in [-0.1, -0.05) is 6.07 Å². The Labute approximate surface area is 102 Å². The maximum absolute atomic E-state index is 12.3. The van der Waals surface area contributed by atoms with Crippen LogP contribution in [0.3, 0.4) is 0 Å². The van der Waals surface area contributed by atoms with Crippen LogP contribution in [0.2, 0.25) is 0 Å². The first-order chi connectivity index (χ1) is 8.08. The number of nitrogen functional groups attached to an aromatic ring is 1. The molecule has 2 rings (SSSR count). The van der Waals surface area contributed by atoms with E-state index in [0.717, 1.165) is 19.6 Å². The molecule has 1 aliphatic heterocycles. The summed E-state index contributed by atoms with van der Waals surface area (Å²) in [6.45, 7) is 4.72. The van der Waals surface area contributed by atoms with Gasteiger partial charge in [0.1, 0.15) is 0 Å². The SMILES string of the molecule is CC1CN(C)CCN1C(=O)c1cccc(N)c1. The van der Waals surface area contributed by atoms with Gasteiger partial charge in [0.25, 0.3) is 5.91 Å². The summed E-state index contributed by atoms with van der Waals surface area (Å²) in [6, 6.07) is 7.44. The minimum atomic E-state index is 0.0814. The van der Waals surface area contributed by atoms with Gasteiger partial charge in [0.05, 0.1) is 0 Å². The standard InChI is InChI=1S/C13H19N3O/c1-10-9-15(2)6-7-16(10)13(17)11-4-3-5-12(14)8-11/h3-5,8,10H,6-7,9,14H2,1-2H3. The molecule has 4 nitrogen and oxygen atoms in total. The second-order valence-corrected chi connectivity index (χ2v) is 4.74. The highest BCUT2D eigenvalue weighted by molar-refractivity contribution is 5.95. The molecule has 1 atom stereocenters. The van der Waals surface area contributed by atoms with Gasteiger partial charge in [-0.15, -0.1) is 0 Å². The summed E-state index contributed by atoms with van der Waals surface area (Å²) in [5.41, 5.74) is 7.02. The van der Waals surface area contributed by atoms with Gasteiger partial charge < -0.3 is 15.5 Å². The van der Waals surface area contributed by atoms with E-state index in [4.69, 9.17) is 5.73 Å². The van der Waals surface area contributed by atoms with Crippen molar-refractivity contribution in [1.82, 2.24) is 9.80 Å². The molecule has 0 spiro atoms. The van der Waals surface area contributed by atoms with Crippen molar-refractivity contribution in [3.8, 4) is 0 Å². The average Bonchev–Trinajstić information content (AvgIpc) is 2.28. The van der Waals surface area contributed by atoms with Gasteiger partial charge >= 0.3 is 0 Å². The van der Waals surface area contributed by atoms with E-state index in [9.17, 15) is 4.79 Å². The van der Waals surface area contributed by atoms with Crippen LogP contribution in [0.25, 0.3) is 0 Å². The van der Waals surface area contributed by atoms with Crippen molar-refractivity contribution >= 4 is 11.6 Å². The third kappa shape index (κ3) is 2.58. The van der Waals surface area contributed by atoms with Gasteiger partial charge in [0.2, 0.25) is 0 Å². The number of benzene rings is 1. The lowest BCUT2D eigenvalue weighted by Crippen LogP contribution is -2.52. The van der Waals surface area contributed by atoms with E-state index in [2.05, 4.69) is 18.9 Å². The van der Waals surface area contributed by atoms with Crippen LogP contribution in [-0.2, 0) is 0 Å². The van der Waals surface area contributed by atoms with Crippen molar-refractivity contribution in [2.75, 3.05) is 32.4 Å². The summed E-state index contributed by atoms with van der Waals surface area (Å²) in [5, 5.41) is 0. The fourth-order valence-electron chi connectivity index (χ4n) is 2.28. The number of carbonyl (C=O) groups is 1. The lowest BCUT2D eigenvalue weighted by atomic mass is 10.1. The van der Waals surface area contributed by atoms with Gasteiger partial charge in [-0.2, -0.15) is 0 Å². The zero-order valence-corrected chi connectivity index (χ0v) is 10.4. The first kappa shape index (κ1) is 11.9. The maximum atomic E-state index is 12.3.